The maximum Gasteiger partial charge on any atom is 0.320 e. The van der Waals surface area contributed by atoms with Gasteiger partial charge in [-0.25, -0.2) is 0 Å². The van der Waals surface area contributed by atoms with Crippen molar-refractivity contribution in [2.24, 2.45) is 5.73 Å². The highest BCUT2D eigenvalue weighted by Crippen LogP contribution is 1.98. The van der Waals surface area contributed by atoms with E-state index in [4.69, 9.17) is 10.5 Å². The Kier molecular flexibility index (Phi) is 9.52. The maximum atomic E-state index is 11.2. The summed E-state index contributed by atoms with van der Waals surface area (Å²) in [4.78, 5) is 13.3. The Bertz CT molecular complexity index is 163. The summed E-state index contributed by atoms with van der Waals surface area (Å²) in [7, 11) is 0. The number of nitrogens with two attached hydrogens (primary N) is 1. The lowest BCUT2D eigenvalue weighted by molar-refractivity contribution is -0.144. The lowest BCUT2D eigenvalue weighted by Gasteiger charge is -2.18. The van der Waals surface area contributed by atoms with Gasteiger partial charge in [-0.1, -0.05) is 13.3 Å². The van der Waals surface area contributed by atoms with Crippen molar-refractivity contribution in [2.45, 2.75) is 33.1 Å². The Hall–Kier alpha value is -0.610. The molecule has 0 radical (unpaired) electrons. The average Bonchev–Trinajstić information content (AvgIpc) is 2.23. The predicted molar refractivity (Wildman–Crippen MR) is 61.7 cm³/mol. The molecule has 0 bridgehead atoms. The molecule has 0 heterocycles. The summed E-state index contributed by atoms with van der Waals surface area (Å²) in [6.07, 6.45) is 3.30. The van der Waals surface area contributed by atoms with Crippen LogP contribution in [0, 0.1) is 0 Å². The number of unbranched alkanes of at least 4 members (excludes halogenated alkanes) is 2. The number of hydrogen-bond acceptors (Lipinski definition) is 4. The van der Waals surface area contributed by atoms with Gasteiger partial charge in [0.05, 0.1) is 13.2 Å². The lowest BCUT2D eigenvalue weighted by atomic mass is 10.2. The van der Waals surface area contributed by atoms with Crippen molar-refractivity contribution in [3.8, 4) is 0 Å². The van der Waals surface area contributed by atoms with Gasteiger partial charge in [0, 0.05) is 0 Å². The van der Waals surface area contributed by atoms with Gasteiger partial charge in [-0.15, -0.1) is 0 Å². The first-order chi connectivity index (χ1) is 7.24. The number of rotatable bonds is 9. The van der Waals surface area contributed by atoms with Crippen LogP contribution in [0.3, 0.4) is 0 Å². The molecule has 0 fully saturated rings. The zero-order valence-electron chi connectivity index (χ0n) is 10.00. The van der Waals surface area contributed by atoms with E-state index in [2.05, 4.69) is 11.8 Å². The van der Waals surface area contributed by atoms with Gasteiger partial charge in [0.15, 0.2) is 0 Å². The molecule has 4 nitrogen and oxygen atoms in total. The highest BCUT2D eigenvalue weighted by molar-refractivity contribution is 5.71. The zero-order chi connectivity index (χ0) is 11.5. The quantitative estimate of drug-likeness (QED) is 0.461. The van der Waals surface area contributed by atoms with Crippen LogP contribution in [-0.2, 0) is 9.53 Å². The minimum Gasteiger partial charge on any atom is -0.465 e. The first kappa shape index (κ1) is 14.4. The van der Waals surface area contributed by atoms with Gasteiger partial charge in [-0.2, -0.15) is 0 Å². The van der Waals surface area contributed by atoms with E-state index >= 15 is 0 Å². The standard InChI is InChI=1S/C11H24N2O2/c1-3-13(9-7-5-6-8-12)10-11(14)15-4-2/h3-10,12H2,1-2H3. The fourth-order valence-corrected chi connectivity index (χ4v) is 1.39. The van der Waals surface area contributed by atoms with E-state index in [1.165, 1.54) is 0 Å². The molecule has 0 saturated heterocycles. The van der Waals surface area contributed by atoms with Gasteiger partial charge in [0.1, 0.15) is 0 Å². The topological polar surface area (TPSA) is 55.6 Å². The zero-order valence-corrected chi connectivity index (χ0v) is 10.00. The second kappa shape index (κ2) is 9.93. The van der Waals surface area contributed by atoms with Crippen LogP contribution >= 0.6 is 0 Å². The number of carbonyl (C=O) groups is 1. The van der Waals surface area contributed by atoms with Crippen LogP contribution in [0.2, 0.25) is 0 Å². The Morgan fingerprint density at radius 2 is 2.00 bits per heavy atom. The Morgan fingerprint density at radius 1 is 1.27 bits per heavy atom. The molecule has 0 aromatic rings. The van der Waals surface area contributed by atoms with Crippen LogP contribution in [0.15, 0.2) is 0 Å². The largest absolute Gasteiger partial charge is 0.465 e. The van der Waals surface area contributed by atoms with Crippen molar-refractivity contribution >= 4 is 5.97 Å². The Balaban J connectivity index is 3.58. The third kappa shape index (κ3) is 8.39. The van der Waals surface area contributed by atoms with Crippen molar-refractivity contribution in [3.05, 3.63) is 0 Å². The molecule has 4 heteroatoms. The van der Waals surface area contributed by atoms with E-state index in [1.54, 1.807) is 0 Å². The molecule has 15 heavy (non-hydrogen) atoms. The number of nitrogens with zero attached hydrogens (tertiary/aromatic N) is 1. The van der Waals surface area contributed by atoms with Crippen molar-refractivity contribution in [1.82, 2.24) is 4.90 Å². The van der Waals surface area contributed by atoms with Crippen molar-refractivity contribution < 1.29 is 9.53 Å². The molecule has 0 atom stereocenters. The molecule has 0 amide bonds. The van der Waals surface area contributed by atoms with Crippen molar-refractivity contribution in [3.63, 3.8) is 0 Å². The SMILES string of the molecule is CCOC(=O)CN(CC)CCCCCN. The van der Waals surface area contributed by atoms with Gasteiger partial charge in [0.25, 0.3) is 0 Å². The smallest absolute Gasteiger partial charge is 0.320 e. The fraction of sp³-hybridized carbons (Fsp3) is 0.909. The number of esters is 1. The van der Waals surface area contributed by atoms with E-state index in [0.717, 1.165) is 38.9 Å². The molecule has 90 valence electrons. The van der Waals surface area contributed by atoms with Crippen molar-refractivity contribution in [2.75, 3.05) is 32.8 Å². The first-order valence-corrected chi connectivity index (χ1v) is 5.82. The van der Waals surface area contributed by atoms with Crippen molar-refractivity contribution in [1.29, 1.82) is 0 Å². The highest BCUT2D eigenvalue weighted by Gasteiger charge is 2.08. The summed E-state index contributed by atoms with van der Waals surface area (Å²) >= 11 is 0. The summed E-state index contributed by atoms with van der Waals surface area (Å²) in [5.74, 6) is -0.127. The minimum absolute atomic E-state index is 0.127. The van der Waals surface area contributed by atoms with Gasteiger partial charge in [-0.3, -0.25) is 9.69 Å². The van der Waals surface area contributed by atoms with Gasteiger partial charge in [0.2, 0.25) is 0 Å². The second-order valence-corrected chi connectivity index (χ2v) is 3.52. The summed E-state index contributed by atoms with van der Waals surface area (Å²) < 4.78 is 4.90. The molecule has 0 aliphatic carbocycles. The monoisotopic (exact) mass is 216 g/mol. The van der Waals surface area contributed by atoms with Crippen LogP contribution in [0.5, 0.6) is 0 Å². The number of hydrogen-bond donors (Lipinski definition) is 1. The Labute approximate surface area is 92.8 Å². The lowest BCUT2D eigenvalue weighted by Crippen LogP contribution is -2.31. The van der Waals surface area contributed by atoms with Gasteiger partial charge < -0.3 is 10.5 Å². The van der Waals surface area contributed by atoms with Crippen LogP contribution in [0.4, 0.5) is 0 Å². The van der Waals surface area contributed by atoms with E-state index < -0.39 is 0 Å². The minimum atomic E-state index is -0.127. The molecule has 0 unspecified atom stereocenters. The third-order valence-electron chi connectivity index (χ3n) is 2.28. The highest BCUT2D eigenvalue weighted by atomic mass is 16.5. The average molecular weight is 216 g/mol. The maximum absolute atomic E-state index is 11.2. The number of carbonyl (C=O) groups excluding carboxylic acids is 1. The molecule has 0 aliphatic rings. The number of ether oxygens (including phenoxy) is 1. The molecule has 0 spiro atoms. The molecular formula is C11H24N2O2. The van der Waals surface area contributed by atoms with Crippen LogP contribution in [-0.4, -0.2) is 43.7 Å². The van der Waals surface area contributed by atoms with Crippen LogP contribution in [0.25, 0.3) is 0 Å². The summed E-state index contributed by atoms with van der Waals surface area (Å²) in [5.41, 5.74) is 5.41. The molecular weight excluding hydrogens is 192 g/mol. The first-order valence-electron chi connectivity index (χ1n) is 5.82. The van der Waals surface area contributed by atoms with Crippen LogP contribution < -0.4 is 5.73 Å². The molecule has 2 N–H and O–H groups in total. The summed E-state index contributed by atoms with van der Waals surface area (Å²) in [5, 5.41) is 0. The molecule has 0 saturated carbocycles. The molecule has 0 aliphatic heterocycles. The molecule has 0 aromatic heterocycles. The summed E-state index contributed by atoms with van der Waals surface area (Å²) in [6.45, 7) is 7.36. The van der Waals surface area contributed by atoms with Gasteiger partial charge in [-0.05, 0) is 39.4 Å². The van der Waals surface area contributed by atoms with Crippen LogP contribution in [0.1, 0.15) is 33.1 Å². The predicted octanol–water partition coefficient (Wildman–Crippen LogP) is 1.00. The van der Waals surface area contributed by atoms with E-state index in [1.807, 2.05) is 6.92 Å². The Morgan fingerprint density at radius 3 is 2.53 bits per heavy atom. The van der Waals surface area contributed by atoms with E-state index in [-0.39, 0.29) is 5.97 Å². The third-order valence-corrected chi connectivity index (χ3v) is 2.28. The number of likely N-dealkylation sites (N-methyl/N-ethyl adjacent to an activating group) is 1. The van der Waals surface area contributed by atoms with E-state index in [9.17, 15) is 4.79 Å². The van der Waals surface area contributed by atoms with Gasteiger partial charge >= 0.3 is 5.97 Å². The fourth-order valence-electron chi connectivity index (χ4n) is 1.39. The normalized spacial score (nSPS) is 10.7. The van der Waals surface area contributed by atoms with E-state index in [0.29, 0.717) is 13.2 Å². The molecule has 0 aromatic carbocycles. The second-order valence-electron chi connectivity index (χ2n) is 3.52. The molecule has 0 rings (SSSR count). The summed E-state index contributed by atoms with van der Waals surface area (Å²) in [6, 6.07) is 0.